The van der Waals surface area contributed by atoms with E-state index < -0.39 is 17.6 Å². The van der Waals surface area contributed by atoms with Crippen molar-refractivity contribution in [3.63, 3.8) is 0 Å². The van der Waals surface area contributed by atoms with Crippen molar-refractivity contribution in [3.05, 3.63) is 83.1 Å². The number of carbonyl (C=O) groups is 1. The van der Waals surface area contributed by atoms with Crippen molar-refractivity contribution in [2.75, 3.05) is 7.11 Å². The highest BCUT2D eigenvalue weighted by molar-refractivity contribution is 8.04. The second-order valence-corrected chi connectivity index (χ2v) is 6.68. The number of methoxy groups -OCH3 is 1. The summed E-state index contributed by atoms with van der Waals surface area (Å²) in [5.41, 5.74) is 1.07. The van der Waals surface area contributed by atoms with Crippen molar-refractivity contribution < 1.29 is 18.3 Å². The van der Waals surface area contributed by atoms with E-state index in [2.05, 4.69) is 6.58 Å². The predicted molar refractivity (Wildman–Crippen MR) is 96.5 cm³/mol. The van der Waals surface area contributed by atoms with Crippen LogP contribution in [-0.4, -0.2) is 23.2 Å². The molecule has 0 N–H and O–H groups in total. The molecule has 0 spiro atoms. The van der Waals surface area contributed by atoms with E-state index in [1.54, 1.807) is 23.3 Å². The van der Waals surface area contributed by atoms with Gasteiger partial charge < -0.3 is 9.64 Å². The summed E-state index contributed by atoms with van der Waals surface area (Å²) in [6, 6.07) is 4.06. The first-order valence-electron chi connectivity index (χ1n) is 7.63. The fourth-order valence-corrected chi connectivity index (χ4v) is 3.47. The Balaban J connectivity index is 2.42. The predicted octanol–water partition coefficient (Wildman–Crippen LogP) is 4.54. The number of halogens is 2. The molecule has 0 aromatic heterocycles. The lowest BCUT2D eigenvalue weighted by molar-refractivity contribution is -0.135. The fraction of sp³-hybridized carbons (Fsp3) is 0.211. The summed E-state index contributed by atoms with van der Waals surface area (Å²) < 4.78 is 32.3. The maximum Gasteiger partial charge on any atom is 0.345 e. The number of hydrogen-bond acceptors (Lipinski definition) is 4. The monoisotopic (exact) mass is 363 g/mol. The van der Waals surface area contributed by atoms with E-state index in [-0.39, 0.29) is 17.4 Å². The van der Waals surface area contributed by atoms with Crippen molar-refractivity contribution in [1.29, 1.82) is 0 Å². The summed E-state index contributed by atoms with van der Waals surface area (Å²) in [4.78, 5) is 14.0. The highest BCUT2D eigenvalue weighted by Gasteiger charge is 2.27. The maximum atomic E-state index is 14.0. The highest BCUT2D eigenvalue weighted by atomic mass is 32.2. The Morgan fingerprint density at radius 1 is 1.40 bits per heavy atom. The van der Waals surface area contributed by atoms with Crippen molar-refractivity contribution >= 4 is 17.7 Å². The number of hydrogen-bond donors (Lipinski definition) is 0. The van der Waals surface area contributed by atoms with Gasteiger partial charge in [0.25, 0.3) is 0 Å². The van der Waals surface area contributed by atoms with E-state index in [0.717, 1.165) is 11.8 Å². The first-order chi connectivity index (χ1) is 12.0. The van der Waals surface area contributed by atoms with Gasteiger partial charge in [-0.3, -0.25) is 0 Å². The van der Waals surface area contributed by atoms with Crippen LogP contribution in [0.15, 0.2) is 65.9 Å². The van der Waals surface area contributed by atoms with E-state index in [9.17, 15) is 13.6 Å². The summed E-state index contributed by atoms with van der Waals surface area (Å²) in [6.45, 7) is 5.65. The molecule has 3 nitrogen and oxygen atoms in total. The molecule has 0 amide bonds. The number of ether oxygens (including phenoxy) is 1. The molecule has 0 bridgehead atoms. The van der Waals surface area contributed by atoms with Gasteiger partial charge in [-0.1, -0.05) is 36.9 Å². The quantitative estimate of drug-likeness (QED) is 0.567. The number of esters is 1. The molecule has 25 heavy (non-hydrogen) atoms. The number of carbonyl (C=O) groups excluding carboxylic acids is 1. The molecule has 0 radical (unpaired) electrons. The van der Waals surface area contributed by atoms with Crippen LogP contribution in [0.3, 0.4) is 0 Å². The molecule has 1 unspecified atom stereocenters. The molecule has 0 saturated heterocycles. The third-order valence-corrected chi connectivity index (χ3v) is 4.72. The average Bonchev–Trinajstić information content (AvgIpc) is 2.60. The highest BCUT2D eigenvalue weighted by Crippen LogP contribution is 2.36. The Bertz CT molecular complexity index is 756. The molecule has 132 valence electrons. The standard InChI is InChI=1S/C19H19F2NO2S/c1-4-5-6-10-16-13(2)25-17(19(23)24-3)12-22(16)11-14-8-7-9-15(20)18(14)21/h4-10,12-13H,1,11H2,2-3H3/b6-5-,16-10+. The van der Waals surface area contributed by atoms with Gasteiger partial charge >= 0.3 is 5.97 Å². The van der Waals surface area contributed by atoms with Crippen LogP contribution in [0.2, 0.25) is 0 Å². The first-order valence-corrected chi connectivity index (χ1v) is 8.51. The van der Waals surface area contributed by atoms with Crippen molar-refractivity contribution in [3.8, 4) is 0 Å². The van der Waals surface area contributed by atoms with Crippen LogP contribution in [0.25, 0.3) is 0 Å². The van der Waals surface area contributed by atoms with Crippen LogP contribution in [0, 0.1) is 11.6 Å². The summed E-state index contributed by atoms with van der Waals surface area (Å²) in [7, 11) is 1.31. The van der Waals surface area contributed by atoms with E-state index in [0.29, 0.717) is 4.91 Å². The lowest BCUT2D eigenvalue weighted by Crippen LogP contribution is -2.28. The van der Waals surface area contributed by atoms with E-state index in [1.165, 1.54) is 31.0 Å². The Morgan fingerprint density at radius 2 is 2.16 bits per heavy atom. The van der Waals surface area contributed by atoms with Crippen molar-refractivity contribution in [2.45, 2.75) is 18.7 Å². The molecule has 1 atom stereocenters. The van der Waals surface area contributed by atoms with Crippen LogP contribution in [0.1, 0.15) is 12.5 Å². The Morgan fingerprint density at radius 3 is 2.84 bits per heavy atom. The molecule has 1 aromatic rings. The zero-order valence-electron chi connectivity index (χ0n) is 14.0. The molecule has 1 aromatic carbocycles. The Hall–Kier alpha value is -2.34. The van der Waals surface area contributed by atoms with Crippen molar-refractivity contribution in [2.24, 2.45) is 0 Å². The SMILES string of the molecule is C=C/C=C\C=C1/C(C)SC(C(=O)OC)=CN1Cc1cccc(F)c1F. The molecular weight excluding hydrogens is 344 g/mol. The van der Waals surface area contributed by atoms with Gasteiger partial charge in [0, 0.05) is 22.7 Å². The van der Waals surface area contributed by atoms with Gasteiger partial charge in [-0.05, 0) is 19.1 Å². The molecule has 2 rings (SSSR count). The van der Waals surface area contributed by atoms with Gasteiger partial charge in [0.1, 0.15) is 4.91 Å². The van der Waals surface area contributed by atoms with Gasteiger partial charge in [0.15, 0.2) is 11.6 Å². The third kappa shape index (κ3) is 4.60. The molecule has 0 saturated carbocycles. The topological polar surface area (TPSA) is 29.5 Å². The van der Waals surface area contributed by atoms with Gasteiger partial charge in [-0.25, -0.2) is 13.6 Å². The molecule has 1 aliphatic rings. The number of rotatable bonds is 5. The summed E-state index contributed by atoms with van der Waals surface area (Å²) >= 11 is 1.36. The molecule has 0 fully saturated rings. The van der Waals surface area contributed by atoms with E-state index in [4.69, 9.17) is 4.74 Å². The lowest BCUT2D eigenvalue weighted by Gasteiger charge is -2.33. The zero-order chi connectivity index (χ0) is 18.4. The van der Waals surface area contributed by atoms with Crippen LogP contribution in [-0.2, 0) is 16.1 Å². The number of nitrogens with zero attached hydrogens (tertiary/aromatic N) is 1. The minimum Gasteiger partial charge on any atom is -0.465 e. The molecule has 1 aliphatic heterocycles. The number of benzene rings is 1. The smallest absolute Gasteiger partial charge is 0.345 e. The second-order valence-electron chi connectivity index (χ2n) is 5.30. The van der Waals surface area contributed by atoms with Crippen LogP contribution >= 0.6 is 11.8 Å². The number of thioether (sulfide) groups is 1. The summed E-state index contributed by atoms with van der Waals surface area (Å²) in [6.07, 6.45) is 8.69. The normalized spacial score (nSPS) is 19.2. The second kappa shape index (κ2) is 8.67. The van der Waals surface area contributed by atoms with Gasteiger partial charge in [-0.15, -0.1) is 11.8 Å². The summed E-state index contributed by atoms with van der Waals surface area (Å²) in [5.74, 6) is -2.24. The Kier molecular flexibility index (Phi) is 6.58. The molecular formula is C19H19F2NO2S. The Labute approximate surface area is 150 Å². The van der Waals surface area contributed by atoms with Gasteiger partial charge in [0.2, 0.25) is 0 Å². The lowest BCUT2D eigenvalue weighted by atomic mass is 10.1. The maximum absolute atomic E-state index is 14.0. The first kappa shape index (κ1) is 19.0. The van der Waals surface area contributed by atoms with E-state index in [1.807, 2.05) is 19.1 Å². The van der Waals surface area contributed by atoms with Crippen LogP contribution in [0.5, 0.6) is 0 Å². The molecule has 1 heterocycles. The molecule has 6 heteroatoms. The largest absolute Gasteiger partial charge is 0.465 e. The fourth-order valence-electron chi connectivity index (χ4n) is 2.39. The van der Waals surface area contributed by atoms with Crippen LogP contribution < -0.4 is 0 Å². The minimum atomic E-state index is -0.897. The van der Waals surface area contributed by atoms with Gasteiger partial charge in [-0.2, -0.15) is 0 Å². The van der Waals surface area contributed by atoms with Crippen LogP contribution in [0.4, 0.5) is 8.78 Å². The number of allylic oxidation sites excluding steroid dienone is 4. The van der Waals surface area contributed by atoms with E-state index >= 15 is 0 Å². The summed E-state index contributed by atoms with van der Waals surface area (Å²) in [5, 5.41) is -0.0646. The zero-order valence-corrected chi connectivity index (χ0v) is 14.9. The third-order valence-electron chi connectivity index (χ3n) is 3.60. The van der Waals surface area contributed by atoms with Crippen molar-refractivity contribution in [1.82, 2.24) is 4.90 Å². The minimum absolute atomic E-state index is 0.0646. The van der Waals surface area contributed by atoms with Gasteiger partial charge in [0.05, 0.1) is 13.7 Å². The average molecular weight is 363 g/mol. The molecule has 0 aliphatic carbocycles.